The van der Waals surface area contributed by atoms with E-state index in [2.05, 4.69) is 13.8 Å². The van der Waals surface area contributed by atoms with E-state index in [1.54, 1.807) is 0 Å². The Morgan fingerprint density at radius 1 is 1.00 bits per heavy atom. The van der Waals surface area contributed by atoms with Gasteiger partial charge in [0, 0.05) is 24.7 Å². The smallest absolute Gasteiger partial charge is 0.135 e. The Bertz CT molecular complexity index is 217. The maximum absolute atomic E-state index is 11.6. The summed E-state index contributed by atoms with van der Waals surface area (Å²) in [4.78, 5) is 23.1. The monoisotopic (exact) mass is 212 g/mol. The van der Waals surface area contributed by atoms with Gasteiger partial charge in [0.05, 0.1) is 0 Å². The largest absolute Gasteiger partial charge is 0.299 e. The van der Waals surface area contributed by atoms with E-state index in [9.17, 15) is 9.59 Å². The van der Waals surface area contributed by atoms with Crippen molar-refractivity contribution in [1.82, 2.24) is 0 Å². The number of carbonyl (C=O) groups excluding carboxylic acids is 2. The van der Waals surface area contributed by atoms with Gasteiger partial charge in [-0.2, -0.15) is 0 Å². The molecule has 0 aliphatic heterocycles. The Morgan fingerprint density at radius 3 is 1.87 bits per heavy atom. The molecule has 0 saturated carbocycles. The molecule has 2 heteroatoms. The van der Waals surface area contributed by atoms with Crippen LogP contribution in [0.25, 0.3) is 0 Å². The predicted molar refractivity (Wildman–Crippen MR) is 62.7 cm³/mol. The van der Waals surface area contributed by atoms with E-state index in [1.807, 2.05) is 20.8 Å². The zero-order chi connectivity index (χ0) is 12.0. The van der Waals surface area contributed by atoms with Crippen LogP contribution in [0.1, 0.15) is 53.9 Å². The predicted octanol–water partition coefficient (Wildman–Crippen LogP) is 3.24. The van der Waals surface area contributed by atoms with E-state index in [-0.39, 0.29) is 17.6 Å². The molecule has 0 spiro atoms. The first-order valence-electron chi connectivity index (χ1n) is 5.95. The highest BCUT2D eigenvalue weighted by atomic mass is 16.1. The van der Waals surface area contributed by atoms with Crippen LogP contribution in [0.15, 0.2) is 0 Å². The van der Waals surface area contributed by atoms with E-state index >= 15 is 0 Å². The van der Waals surface area contributed by atoms with Crippen LogP contribution in [-0.4, -0.2) is 11.6 Å². The third kappa shape index (κ3) is 5.10. The normalized spacial score (nSPS) is 13.3. The average molecular weight is 212 g/mol. The second-order valence-electron chi connectivity index (χ2n) is 4.83. The van der Waals surface area contributed by atoms with Crippen LogP contribution in [0.4, 0.5) is 0 Å². The molecule has 0 heterocycles. The Labute approximate surface area is 93.4 Å². The van der Waals surface area contributed by atoms with Crippen molar-refractivity contribution in [1.29, 1.82) is 0 Å². The summed E-state index contributed by atoms with van der Waals surface area (Å²) >= 11 is 0. The summed E-state index contributed by atoms with van der Waals surface area (Å²) in [5, 5.41) is 0. The number of hydrogen-bond acceptors (Lipinski definition) is 2. The van der Waals surface area contributed by atoms with Gasteiger partial charge >= 0.3 is 0 Å². The summed E-state index contributed by atoms with van der Waals surface area (Å²) in [6.07, 6.45) is 1.85. The van der Waals surface area contributed by atoms with Gasteiger partial charge in [-0.05, 0) is 12.3 Å². The molecule has 0 radical (unpaired) electrons. The van der Waals surface area contributed by atoms with Crippen molar-refractivity contribution in [2.45, 2.75) is 53.9 Å². The number of ketones is 2. The molecule has 0 aliphatic rings. The molecule has 0 bridgehead atoms. The summed E-state index contributed by atoms with van der Waals surface area (Å²) in [7, 11) is 0. The minimum atomic E-state index is 0.0673. The lowest BCUT2D eigenvalue weighted by molar-refractivity contribution is -0.125. The summed E-state index contributed by atoms with van der Waals surface area (Å²) in [5.74, 6) is 1.07. The van der Waals surface area contributed by atoms with Crippen molar-refractivity contribution in [3.8, 4) is 0 Å². The molecule has 0 fully saturated rings. The molecule has 0 rings (SSSR count). The van der Waals surface area contributed by atoms with Gasteiger partial charge in [0.25, 0.3) is 0 Å². The molecule has 15 heavy (non-hydrogen) atoms. The van der Waals surface area contributed by atoms with E-state index in [0.29, 0.717) is 24.5 Å². The van der Waals surface area contributed by atoms with Crippen LogP contribution in [-0.2, 0) is 9.59 Å². The van der Waals surface area contributed by atoms with Crippen molar-refractivity contribution < 1.29 is 9.59 Å². The molecule has 0 aromatic heterocycles. The highest BCUT2D eigenvalue weighted by Gasteiger charge is 2.21. The number of rotatable bonds is 7. The van der Waals surface area contributed by atoms with Crippen LogP contribution >= 0.6 is 0 Å². The summed E-state index contributed by atoms with van der Waals surface area (Å²) < 4.78 is 0. The lowest BCUT2D eigenvalue weighted by Gasteiger charge is -2.18. The fraction of sp³-hybridized carbons (Fsp3) is 0.846. The van der Waals surface area contributed by atoms with E-state index in [4.69, 9.17) is 0 Å². The van der Waals surface area contributed by atoms with Gasteiger partial charge < -0.3 is 0 Å². The quantitative estimate of drug-likeness (QED) is 0.649. The lowest BCUT2D eigenvalue weighted by atomic mass is 9.85. The van der Waals surface area contributed by atoms with E-state index in [0.717, 1.165) is 6.42 Å². The Balaban J connectivity index is 4.20. The first-order chi connectivity index (χ1) is 6.90. The third-order valence-corrected chi connectivity index (χ3v) is 2.91. The average Bonchev–Trinajstić information content (AvgIpc) is 2.16. The second kappa shape index (κ2) is 6.76. The molecular weight excluding hydrogens is 188 g/mol. The zero-order valence-electron chi connectivity index (χ0n) is 10.7. The maximum atomic E-state index is 11.6. The van der Waals surface area contributed by atoms with Gasteiger partial charge in [-0.1, -0.05) is 34.6 Å². The number of carbonyl (C=O) groups is 2. The van der Waals surface area contributed by atoms with Gasteiger partial charge in [0.1, 0.15) is 11.6 Å². The van der Waals surface area contributed by atoms with Gasteiger partial charge in [-0.25, -0.2) is 0 Å². The molecule has 1 atom stereocenters. The lowest BCUT2D eigenvalue weighted by Crippen LogP contribution is -2.21. The van der Waals surface area contributed by atoms with Crippen molar-refractivity contribution >= 4 is 11.6 Å². The molecule has 88 valence electrons. The molecule has 0 amide bonds. The Morgan fingerprint density at radius 2 is 1.53 bits per heavy atom. The molecule has 0 aliphatic carbocycles. The molecular formula is C13H24O2. The van der Waals surface area contributed by atoms with Crippen LogP contribution in [0.3, 0.4) is 0 Å². The first kappa shape index (κ1) is 14.3. The summed E-state index contributed by atoms with van der Waals surface area (Å²) in [6, 6.07) is 0. The van der Waals surface area contributed by atoms with Crippen LogP contribution in [0.2, 0.25) is 0 Å². The fourth-order valence-corrected chi connectivity index (χ4v) is 1.71. The molecule has 0 aromatic rings. The van der Waals surface area contributed by atoms with Gasteiger partial charge in [0.2, 0.25) is 0 Å². The molecule has 2 nitrogen and oxygen atoms in total. The first-order valence-corrected chi connectivity index (χ1v) is 5.95. The summed E-state index contributed by atoms with van der Waals surface area (Å²) in [6.45, 7) is 9.82. The van der Waals surface area contributed by atoms with Crippen LogP contribution in [0, 0.1) is 17.8 Å². The maximum Gasteiger partial charge on any atom is 0.135 e. The SMILES string of the molecule is CCC(=O)C(CCC(=O)C(C)C)C(C)C. The second-order valence-corrected chi connectivity index (χ2v) is 4.83. The summed E-state index contributed by atoms with van der Waals surface area (Å²) in [5.41, 5.74) is 0. The zero-order valence-corrected chi connectivity index (χ0v) is 10.7. The molecule has 0 saturated heterocycles. The molecule has 1 unspecified atom stereocenters. The Hall–Kier alpha value is -0.660. The van der Waals surface area contributed by atoms with Gasteiger partial charge in [-0.3, -0.25) is 9.59 Å². The van der Waals surface area contributed by atoms with Crippen LogP contribution in [0.5, 0.6) is 0 Å². The van der Waals surface area contributed by atoms with Crippen molar-refractivity contribution in [3.63, 3.8) is 0 Å². The minimum absolute atomic E-state index is 0.0673. The van der Waals surface area contributed by atoms with E-state index in [1.165, 1.54) is 0 Å². The fourth-order valence-electron chi connectivity index (χ4n) is 1.71. The molecule has 0 aromatic carbocycles. The highest BCUT2D eigenvalue weighted by molar-refractivity contribution is 5.83. The number of hydrogen-bond donors (Lipinski definition) is 0. The highest BCUT2D eigenvalue weighted by Crippen LogP contribution is 2.20. The van der Waals surface area contributed by atoms with Gasteiger partial charge in [-0.15, -0.1) is 0 Å². The number of Topliss-reactive ketones (excluding diaryl/α,β-unsaturated/α-hetero) is 2. The van der Waals surface area contributed by atoms with Crippen molar-refractivity contribution in [3.05, 3.63) is 0 Å². The topological polar surface area (TPSA) is 34.1 Å². The van der Waals surface area contributed by atoms with Gasteiger partial charge in [0.15, 0.2) is 0 Å². The standard InChI is InChI=1S/C13H24O2/c1-6-12(14)11(9(2)3)7-8-13(15)10(4)5/h9-11H,6-8H2,1-5H3. The Kier molecular flexibility index (Phi) is 6.46. The van der Waals surface area contributed by atoms with Crippen molar-refractivity contribution in [2.75, 3.05) is 0 Å². The minimum Gasteiger partial charge on any atom is -0.299 e. The van der Waals surface area contributed by atoms with E-state index < -0.39 is 0 Å². The third-order valence-electron chi connectivity index (χ3n) is 2.91. The molecule has 0 N–H and O–H groups in total. The van der Waals surface area contributed by atoms with Crippen molar-refractivity contribution in [2.24, 2.45) is 17.8 Å². The van der Waals surface area contributed by atoms with Crippen LogP contribution < -0.4 is 0 Å².